The number of carboxylic acids is 1. The van der Waals surface area contributed by atoms with E-state index in [1.54, 1.807) is 24.3 Å². The lowest BCUT2D eigenvalue weighted by Gasteiger charge is -2.15. The SMILES string of the molecule is Cc1ccc(Cl)cc1NCc1cc(Br)ccc1OCc1ccc(C(=O)O)cc1. The monoisotopic (exact) mass is 459 g/mol. The van der Waals surface area contributed by atoms with Gasteiger partial charge in [-0.25, -0.2) is 4.79 Å². The van der Waals surface area contributed by atoms with Gasteiger partial charge in [0.05, 0.1) is 5.56 Å². The lowest BCUT2D eigenvalue weighted by atomic mass is 10.1. The van der Waals surface area contributed by atoms with Gasteiger partial charge in [0.1, 0.15) is 12.4 Å². The summed E-state index contributed by atoms with van der Waals surface area (Å²) in [7, 11) is 0. The first-order chi connectivity index (χ1) is 13.4. The highest BCUT2D eigenvalue weighted by molar-refractivity contribution is 9.10. The Hall–Kier alpha value is -2.50. The van der Waals surface area contributed by atoms with Gasteiger partial charge >= 0.3 is 5.97 Å². The van der Waals surface area contributed by atoms with Crippen LogP contribution in [0.5, 0.6) is 5.75 Å². The Bertz CT molecular complexity index is 990. The molecule has 6 heteroatoms. The zero-order chi connectivity index (χ0) is 20.1. The second-order valence-electron chi connectivity index (χ2n) is 6.36. The molecular weight excluding hydrogens is 442 g/mol. The minimum absolute atomic E-state index is 0.258. The zero-order valence-electron chi connectivity index (χ0n) is 15.2. The fourth-order valence-electron chi connectivity index (χ4n) is 2.71. The molecule has 0 unspecified atom stereocenters. The summed E-state index contributed by atoms with van der Waals surface area (Å²) in [6.07, 6.45) is 0. The van der Waals surface area contributed by atoms with Crippen molar-refractivity contribution in [1.82, 2.24) is 0 Å². The van der Waals surface area contributed by atoms with Gasteiger partial charge in [0, 0.05) is 27.3 Å². The average Bonchev–Trinajstić information content (AvgIpc) is 2.68. The van der Waals surface area contributed by atoms with Crippen molar-refractivity contribution in [3.63, 3.8) is 0 Å². The highest BCUT2D eigenvalue weighted by atomic mass is 79.9. The number of aryl methyl sites for hydroxylation is 1. The number of carboxylic acid groups (broad SMARTS) is 1. The molecule has 0 fully saturated rings. The summed E-state index contributed by atoms with van der Waals surface area (Å²) in [6.45, 7) is 2.95. The Morgan fingerprint density at radius 2 is 1.86 bits per heavy atom. The maximum atomic E-state index is 11.0. The molecule has 0 aliphatic carbocycles. The molecule has 2 N–H and O–H groups in total. The van der Waals surface area contributed by atoms with Crippen LogP contribution < -0.4 is 10.1 Å². The Morgan fingerprint density at radius 1 is 1.11 bits per heavy atom. The van der Waals surface area contributed by atoms with Crippen LogP contribution in [-0.4, -0.2) is 11.1 Å². The van der Waals surface area contributed by atoms with Crippen LogP contribution in [0.1, 0.15) is 27.0 Å². The maximum absolute atomic E-state index is 11.0. The van der Waals surface area contributed by atoms with Crippen molar-refractivity contribution in [3.8, 4) is 5.75 Å². The van der Waals surface area contributed by atoms with E-state index in [0.717, 1.165) is 32.6 Å². The number of nitrogens with one attached hydrogen (secondary N) is 1. The zero-order valence-corrected chi connectivity index (χ0v) is 17.5. The van der Waals surface area contributed by atoms with E-state index >= 15 is 0 Å². The van der Waals surface area contributed by atoms with E-state index < -0.39 is 5.97 Å². The molecule has 0 bridgehead atoms. The summed E-state index contributed by atoms with van der Waals surface area (Å²) in [5.41, 5.74) is 4.24. The van der Waals surface area contributed by atoms with E-state index in [9.17, 15) is 4.79 Å². The maximum Gasteiger partial charge on any atom is 0.335 e. The predicted octanol–water partition coefficient (Wildman–Crippen LogP) is 6.30. The summed E-state index contributed by atoms with van der Waals surface area (Å²) in [6, 6.07) is 18.3. The van der Waals surface area contributed by atoms with Crippen molar-refractivity contribution in [3.05, 3.63) is 92.4 Å². The summed E-state index contributed by atoms with van der Waals surface area (Å²) in [5.74, 6) is -0.178. The van der Waals surface area contributed by atoms with Gasteiger partial charge in [-0.05, 0) is 60.5 Å². The molecule has 3 aromatic carbocycles. The third-order valence-corrected chi connectivity index (χ3v) is 5.02. The molecule has 0 aromatic heterocycles. The van der Waals surface area contributed by atoms with Crippen LogP contribution in [0.4, 0.5) is 5.69 Å². The predicted molar refractivity (Wildman–Crippen MR) is 115 cm³/mol. The third-order valence-electron chi connectivity index (χ3n) is 4.29. The van der Waals surface area contributed by atoms with E-state index in [2.05, 4.69) is 21.2 Å². The first-order valence-electron chi connectivity index (χ1n) is 8.66. The number of anilines is 1. The van der Waals surface area contributed by atoms with Crippen molar-refractivity contribution in [1.29, 1.82) is 0 Å². The topological polar surface area (TPSA) is 58.6 Å². The van der Waals surface area contributed by atoms with Gasteiger partial charge in [-0.1, -0.05) is 45.7 Å². The van der Waals surface area contributed by atoms with Gasteiger partial charge in [0.15, 0.2) is 0 Å². The molecule has 0 saturated heterocycles. The van der Waals surface area contributed by atoms with Gasteiger partial charge in [-0.2, -0.15) is 0 Å². The number of halogens is 2. The number of aromatic carboxylic acids is 1. The van der Waals surface area contributed by atoms with Crippen LogP contribution in [0.25, 0.3) is 0 Å². The normalized spacial score (nSPS) is 10.5. The molecule has 0 saturated carbocycles. The first-order valence-corrected chi connectivity index (χ1v) is 9.83. The van der Waals surface area contributed by atoms with Crippen molar-refractivity contribution in [2.45, 2.75) is 20.1 Å². The molecule has 4 nitrogen and oxygen atoms in total. The highest BCUT2D eigenvalue weighted by Crippen LogP contribution is 2.27. The van der Waals surface area contributed by atoms with E-state index in [4.69, 9.17) is 21.4 Å². The Morgan fingerprint density at radius 3 is 2.57 bits per heavy atom. The number of benzene rings is 3. The molecule has 0 aliphatic heterocycles. The van der Waals surface area contributed by atoms with Gasteiger partial charge in [-0.15, -0.1) is 0 Å². The molecule has 28 heavy (non-hydrogen) atoms. The molecular formula is C22H19BrClNO3. The Balaban J connectivity index is 1.71. The van der Waals surface area contributed by atoms with Crippen molar-refractivity contribution >= 4 is 39.2 Å². The van der Waals surface area contributed by atoms with Crippen molar-refractivity contribution in [2.24, 2.45) is 0 Å². The van der Waals surface area contributed by atoms with Gasteiger partial charge < -0.3 is 15.2 Å². The van der Waals surface area contributed by atoms with Crippen LogP contribution in [-0.2, 0) is 13.2 Å². The molecule has 0 amide bonds. The molecule has 3 aromatic rings. The highest BCUT2D eigenvalue weighted by Gasteiger charge is 2.08. The number of hydrogen-bond donors (Lipinski definition) is 2. The molecule has 0 radical (unpaired) electrons. The molecule has 0 heterocycles. The number of rotatable bonds is 7. The smallest absolute Gasteiger partial charge is 0.335 e. The minimum atomic E-state index is -0.940. The van der Waals surface area contributed by atoms with Crippen LogP contribution in [0.15, 0.2) is 65.1 Å². The Kier molecular flexibility index (Phi) is 6.60. The van der Waals surface area contributed by atoms with Gasteiger partial charge in [-0.3, -0.25) is 0 Å². The lowest BCUT2D eigenvalue weighted by Crippen LogP contribution is -2.05. The molecule has 0 aliphatic rings. The van der Waals surface area contributed by atoms with Crippen LogP contribution >= 0.6 is 27.5 Å². The van der Waals surface area contributed by atoms with Crippen LogP contribution in [0.2, 0.25) is 5.02 Å². The average molecular weight is 461 g/mol. The van der Waals surface area contributed by atoms with Crippen LogP contribution in [0, 0.1) is 6.92 Å². The summed E-state index contributed by atoms with van der Waals surface area (Å²) in [5, 5.41) is 13.1. The molecule has 0 atom stereocenters. The number of carbonyl (C=O) groups is 1. The summed E-state index contributed by atoms with van der Waals surface area (Å²) in [4.78, 5) is 11.0. The largest absolute Gasteiger partial charge is 0.489 e. The molecule has 144 valence electrons. The summed E-state index contributed by atoms with van der Waals surface area (Å²) < 4.78 is 6.95. The quantitative estimate of drug-likeness (QED) is 0.434. The summed E-state index contributed by atoms with van der Waals surface area (Å²) >= 11 is 9.60. The lowest BCUT2D eigenvalue weighted by molar-refractivity contribution is 0.0697. The minimum Gasteiger partial charge on any atom is -0.489 e. The molecule has 0 spiro atoms. The van der Waals surface area contributed by atoms with Gasteiger partial charge in [0.2, 0.25) is 0 Å². The van der Waals surface area contributed by atoms with E-state index in [-0.39, 0.29) is 5.56 Å². The van der Waals surface area contributed by atoms with E-state index in [1.165, 1.54) is 0 Å². The second-order valence-corrected chi connectivity index (χ2v) is 7.71. The first kappa shape index (κ1) is 20.2. The molecule has 3 rings (SSSR count). The van der Waals surface area contributed by atoms with E-state index in [1.807, 2.05) is 43.3 Å². The van der Waals surface area contributed by atoms with Crippen molar-refractivity contribution < 1.29 is 14.6 Å². The number of ether oxygens (including phenoxy) is 1. The van der Waals surface area contributed by atoms with Crippen LogP contribution in [0.3, 0.4) is 0 Å². The number of hydrogen-bond acceptors (Lipinski definition) is 3. The fourth-order valence-corrected chi connectivity index (χ4v) is 3.29. The van der Waals surface area contributed by atoms with Crippen molar-refractivity contribution in [2.75, 3.05) is 5.32 Å². The van der Waals surface area contributed by atoms with Gasteiger partial charge in [0.25, 0.3) is 0 Å². The van der Waals surface area contributed by atoms with E-state index in [0.29, 0.717) is 18.2 Å². The third kappa shape index (κ3) is 5.27. The standard InChI is InChI=1S/C22H19BrClNO3/c1-14-2-8-19(24)11-20(14)25-12-17-10-18(23)7-9-21(17)28-13-15-3-5-16(6-4-15)22(26)27/h2-11,25H,12-13H2,1H3,(H,26,27). The second kappa shape index (κ2) is 9.13. The Labute approximate surface area is 177 Å². The fraction of sp³-hybridized carbons (Fsp3) is 0.136.